The van der Waals surface area contributed by atoms with Crippen molar-refractivity contribution in [1.29, 1.82) is 0 Å². The van der Waals surface area contributed by atoms with Crippen molar-refractivity contribution in [3.05, 3.63) is 48.0 Å². The van der Waals surface area contributed by atoms with Gasteiger partial charge in [0, 0.05) is 6.07 Å². The summed E-state index contributed by atoms with van der Waals surface area (Å²) in [4.78, 5) is 38.2. The molecule has 0 aliphatic carbocycles. The van der Waals surface area contributed by atoms with Gasteiger partial charge in [0.2, 0.25) is 5.91 Å². The molecule has 0 radical (unpaired) electrons. The maximum absolute atomic E-state index is 12.7. The van der Waals surface area contributed by atoms with Gasteiger partial charge in [-0.1, -0.05) is 12.1 Å². The zero-order chi connectivity index (χ0) is 19.6. The number of carbonyl (C=O) groups is 3. The van der Waals surface area contributed by atoms with Crippen LogP contribution in [0.4, 0.5) is 11.4 Å². The van der Waals surface area contributed by atoms with Crippen LogP contribution in [0.5, 0.6) is 11.5 Å². The van der Waals surface area contributed by atoms with Gasteiger partial charge in [-0.3, -0.25) is 14.5 Å². The zero-order valence-corrected chi connectivity index (χ0v) is 14.8. The molecule has 8 heteroatoms. The number of ether oxygens (including phenoxy) is 2. The molecule has 1 aliphatic rings. The van der Waals surface area contributed by atoms with Crippen LogP contribution in [0.2, 0.25) is 0 Å². The standard InChI is InChI=1S/C19H18N2O6/c1-11(27-19(25)13-8-7-12(26-2)9-16(13)22)18(24)21-10-17(23)20-14-5-3-4-6-15(14)21/h3-9,11,22H,10H2,1-2H3,(H,20,23)/t11-/m0/s1. The number of hydrogen-bond donors (Lipinski definition) is 2. The van der Waals surface area contributed by atoms with E-state index in [9.17, 15) is 19.5 Å². The lowest BCUT2D eigenvalue weighted by atomic mass is 10.1. The number of rotatable bonds is 4. The number of carbonyl (C=O) groups excluding carboxylic acids is 3. The lowest BCUT2D eigenvalue weighted by Crippen LogP contribution is -2.47. The van der Waals surface area contributed by atoms with E-state index < -0.39 is 18.0 Å². The molecule has 2 aromatic carbocycles. The summed E-state index contributed by atoms with van der Waals surface area (Å²) in [6.45, 7) is 1.24. The smallest absolute Gasteiger partial charge is 0.342 e. The number of methoxy groups -OCH3 is 1. The fraction of sp³-hybridized carbons (Fsp3) is 0.211. The molecule has 0 fully saturated rings. The fourth-order valence-corrected chi connectivity index (χ4v) is 2.73. The van der Waals surface area contributed by atoms with E-state index in [-0.39, 0.29) is 23.8 Å². The van der Waals surface area contributed by atoms with Crippen molar-refractivity contribution < 1.29 is 29.0 Å². The summed E-state index contributed by atoms with van der Waals surface area (Å²) in [5, 5.41) is 12.6. The number of esters is 1. The highest BCUT2D eigenvalue weighted by Crippen LogP contribution is 2.30. The molecular formula is C19H18N2O6. The van der Waals surface area contributed by atoms with Gasteiger partial charge in [0.1, 0.15) is 23.6 Å². The second-order valence-corrected chi connectivity index (χ2v) is 5.92. The van der Waals surface area contributed by atoms with Crippen LogP contribution in [0.15, 0.2) is 42.5 Å². The van der Waals surface area contributed by atoms with Gasteiger partial charge < -0.3 is 19.9 Å². The van der Waals surface area contributed by atoms with Crippen molar-refractivity contribution in [3.8, 4) is 11.5 Å². The van der Waals surface area contributed by atoms with E-state index in [1.807, 2.05) is 0 Å². The van der Waals surface area contributed by atoms with E-state index in [2.05, 4.69) is 5.32 Å². The Morgan fingerprint density at radius 2 is 1.96 bits per heavy atom. The van der Waals surface area contributed by atoms with Crippen molar-refractivity contribution in [2.45, 2.75) is 13.0 Å². The Labute approximate surface area is 155 Å². The second-order valence-electron chi connectivity index (χ2n) is 5.92. The van der Waals surface area contributed by atoms with Gasteiger partial charge in [0.05, 0.1) is 18.5 Å². The molecule has 140 valence electrons. The first-order valence-electron chi connectivity index (χ1n) is 8.19. The summed E-state index contributed by atoms with van der Waals surface area (Å²) in [5.41, 5.74) is 0.943. The molecule has 3 rings (SSSR count). The minimum Gasteiger partial charge on any atom is -0.507 e. The third kappa shape index (κ3) is 3.69. The number of aromatic hydroxyl groups is 1. The van der Waals surface area contributed by atoms with E-state index >= 15 is 0 Å². The minimum absolute atomic E-state index is 0.0905. The molecule has 1 aliphatic heterocycles. The number of phenolic OH excluding ortho intramolecular Hbond substituents is 1. The predicted molar refractivity (Wildman–Crippen MR) is 97.0 cm³/mol. The maximum atomic E-state index is 12.7. The van der Waals surface area contributed by atoms with Crippen molar-refractivity contribution >= 4 is 29.2 Å². The SMILES string of the molecule is COc1ccc(C(=O)O[C@@H](C)C(=O)N2CC(=O)Nc3ccccc32)c(O)c1. The van der Waals surface area contributed by atoms with E-state index in [1.54, 1.807) is 24.3 Å². The van der Waals surface area contributed by atoms with Crippen LogP contribution in [0.1, 0.15) is 17.3 Å². The molecular weight excluding hydrogens is 352 g/mol. The van der Waals surface area contributed by atoms with Crippen LogP contribution < -0.4 is 15.0 Å². The van der Waals surface area contributed by atoms with Crippen molar-refractivity contribution in [3.63, 3.8) is 0 Å². The molecule has 1 heterocycles. The largest absolute Gasteiger partial charge is 0.507 e. The van der Waals surface area contributed by atoms with Gasteiger partial charge in [-0.25, -0.2) is 4.79 Å². The quantitative estimate of drug-likeness (QED) is 0.797. The molecule has 8 nitrogen and oxygen atoms in total. The monoisotopic (exact) mass is 370 g/mol. The third-order valence-electron chi connectivity index (χ3n) is 4.09. The van der Waals surface area contributed by atoms with Crippen LogP contribution in [0.25, 0.3) is 0 Å². The lowest BCUT2D eigenvalue weighted by Gasteiger charge is -2.30. The van der Waals surface area contributed by atoms with Crippen LogP contribution in [-0.2, 0) is 14.3 Å². The van der Waals surface area contributed by atoms with Gasteiger partial charge in [-0.15, -0.1) is 0 Å². The number of benzene rings is 2. The summed E-state index contributed by atoms with van der Waals surface area (Å²) in [5.74, 6) is -1.68. The molecule has 2 amide bonds. The molecule has 0 spiro atoms. The molecule has 0 unspecified atom stereocenters. The first kappa shape index (κ1) is 18.2. The Morgan fingerprint density at radius 1 is 1.22 bits per heavy atom. The molecule has 2 aromatic rings. The number of para-hydroxylation sites is 2. The predicted octanol–water partition coefficient (Wildman–Crippen LogP) is 1.93. The maximum Gasteiger partial charge on any atom is 0.342 e. The van der Waals surface area contributed by atoms with Crippen LogP contribution in [-0.4, -0.2) is 42.6 Å². The van der Waals surface area contributed by atoms with Gasteiger partial charge in [0.15, 0.2) is 6.10 Å². The van der Waals surface area contributed by atoms with Crippen LogP contribution in [0.3, 0.4) is 0 Å². The van der Waals surface area contributed by atoms with Gasteiger partial charge in [-0.2, -0.15) is 0 Å². The molecule has 1 atom stereocenters. The molecule has 0 saturated carbocycles. The van der Waals surface area contributed by atoms with Crippen molar-refractivity contribution in [2.24, 2.45) is 0 Å². The number of hydrogen-bond acceptors (Lipinski definition) is 6. The highest BCUT2D eigenvalue weighted by molar-refractivity contribution is 6.11. The first-order valence-corrected chi connectivity index (χ1v) is 8.19. The average Bonchev–Trinajstić information content (AvgIpc) is 2.66. The number of phenols is 1. The van der Waals surface area contributed by atoms with E-state index in [0.717, 1.165) is 0 Å². The first-order chi connectivity index (χ1) is 12.9. The van der Waals surface area contributed by atoms with E-state index in [4.69, 9.17) is 9.47 Å². The zero-order valence-electron chi connectivity index (χ0n) is 14.8. The van der Waals surface area contributed by atoms with Gasteiger partial charge in [-0.05, 0) is 31.2 Å². The van der Waals surface area contributed by atoms with E-state index in [1.165, 1.54) is 37.1 Å². The van der Waals surface area contributed by atoms with Crippen molar-refractivity contribution in [1.82, 2.24) is 0 Å². The average molecular weight is 370 g/mol. The topological polar surface area (TPSA) is 105 Å². The highest BCUT2D eigenvalue weighted by atomic mass is 16.5. The highest BCUT2D eigenvalue weighted by Gasteiger charge is 2.31. The Bertz CT molecular complexity index is 911. The normalized spacial score (nSPS) is 14.0. The minimum atomic E-state index is -1.15. The molecule has 27 heavy (non-hydrogen) atoms. The van der Waals surface area contributed by atoms with Crippen LogP contribution >= 0.6 is 0 Å². The Balaban J connectivity index is 1.76. The molecule has 0 aromatic heterocycles. The Morgan fingerprint density at radius 3 is 2.67 bits per heavy atom. The number of nitrogens with one attached hydrogen (secondary N) is 1. The van der Waals surface area contributed by atoms with Gasteiger partial charge in [0.25, 0.3) is 5.91 Å². The molecule has 2 N–H and O–H groups in total. The summed E-state index contributed by atoms with van der Waals surface area (Å²) < 4.78 is 10.2. The summed E-state index contributed by atoms with van der Waals surface area (Å²) >= 11 is 0. The number of nitrogens with zero attached hydrogens (tertiary/aromatic N) is 1. The molecule has 0 saturated heterocycles. The molecule has 0 bridgehead atoms. The number of anilines is 2. The Hall–Kier alpha value is -3.55. The van der Waals surface area contributed by atoms with Crippen molar-refractivity contribution in [2.75, 3.05) is 23.9 Å². The summed E-state index contributed by atoms with van der Waals surface area (Å²) in [7, 11) is 1.43. The summed E-state index contributed by atoms with van der Waals surface area (Å²) in [6.07, 6.45) is -1.15. The fourth-order valence-electron chi connectivity index (χ4n) is 2.73. The number of amides is 2. The van der Waals surface area contributed by atoms with Crippen LogP contribution in [0, 0.1) is 0 Å². The van der Waals surface area contributed by atoms with E-state index in [0.29, 0.717) is 17.1 Å². The van der Waals surface area contributed by atoms with Gasteiger partial charge >= 0.3 is 5.97 Å². The third-order valence-corrected chi connectivity index (χ3v) is 4.09. The Kier molecular flexibility index (Phi) is 4.98. The second kappa shape index (κ2) is 7.36. The lowest BCUT2D eigenvalue weighted by molar-refractivity contribution is -0.128. The number of fused-ring (bicyclic) bond motifs is 1. The summed E-state index contributed by atoms with van der Waals surface area (Å²) in [6, 6.07) is 11.0.